The molecule has 24 heavy (non-hydrogen) atoms. The Morgan fingerprint density at radius 3 is 2.96 bits per heavy atom. The molecule has 1 atom stereocenters. The molecule has 2 heterocycles. The monoisotopic (exact) mass is 352 g/mol. The molecule has 2 N–H and O–H groups in total. The van der Waals surface area contributed by atoms with E-state index in [-0.39, 0.29) is 11.7 Å². The van der Waals surface area contributed by atoms with Gasteiger partial charge in [0.1, 0.15) is 0 Å². The number of para-hydroxylation sites is 1. The Balaban J connectivity index is 1.70. The van der Waals surface area contributed by atoms with E-state index in [0.717, 1.165) is 25.9 Å². The Morgan fingerprint density at radius 2 is 2.21 bits per heavy atom. The molecule has 0 spiro atoms. The van der Waals surface area contributed by atoms with Crippen LogP contribution in [0, 0.1) is 0 Å². The lowest BCUT2D eigenvalue weighted by molar-refractivity contribution is 0.102. The van der Waals surface area contributed by atoms with Gasteiger partial charge in [-0.3, -0.25) is 9.48 Å². The van der Waals surface area contributed by atoms with Crippen LogP contribution in [-0.4, -0.2) is 34.5 Å². The lowest BCUT2D eigenvalue weighted by atomic mass is 10.1. The first-order chi connectivity index (χ1) is 11.6. The minimum atomic E-state index is -2.54. The third kappa shape index (κ3) is 4.12. The van der Waals surface area contributed by atoms with Crippen molar-refractivity contribution in [3.63, 3.8) is 0 Å². The molecule has 1 amide bonds. The molecule has 3 rings (SSSR count). The summed E-state index contributed by atoms with van der Waals surface area (Å²) in [6, 6.07) is 8.39. The third-order valence-electron chi connectivity index (χ3n) is 3.84. The van der Waals surface area contributed by atoms with Gasteiger partial charge in [-0.25, -0.2) is 0 Å². The van der Waals surface area contributed by atoms with Crippen molar-refractivity contribution in [3.05, 3.63) is 42.2 Å². The molecular weight excluding hydrogens is 334 g/mol. The van der Waals surface area contributed by atoms with Crippen LogP contribution in [-0.2, 0) is 0 Å². The summed E-state index contributed by atoms with van der Waals surface area (Å²) >= 11 is 0.408. The average molecular weight is 352 g/mol. The molecule has 1 unspecified atom stereocenters. The minimum absolute atomic E-state index is 0.238. The number of hydrogen-bond donors (Lipinski definition) is 2. The molecular formula is C16H18F2N4OS. The number of benzene rings is 1. The molecule has 0 aliphatic carbocycles. The number of thioether (sulfide) groups is 1. The normalized spacial score (nSPS) is 17.9. The van der Waals surface area contributed by atoms with Crippen LogP contribution in [0.25, 0.3) is 0 Å². The lowest BCUT2D eigenvalue weighted by Gasteiger charge is -2.22. The zero-order chi connectivity index (χ0) is 16.9. The first-order valence-corrected chi connectivity index (χ1v) is 8.62. The molecule has 2 aromatic rings. The Kier molecular flexibility index (Phi) is 5.47. The van der Waals surface area contributed by atoms with Crippen molar-refractivity contribution in [1.29, 1.82) is 0 Å². The number of aromatic nitrogens is 2. The topological polar surface area (TPSA) is 59.0 Å². The molecule has 1 aromatic carbocycles. The predicted molar refractivity (Wildman–Crippen MR) is 89.6 cm³/mol. The van der Waals surface area contributed by atoms with Gasteiger partial charge in [-0.05, 0) is 37.6 Å². The molecule has 1 saturated heterocycles. The van der Waals surface area contributed by atoms with Gasteiger partial charge in [0.05, 0.1) is 11.7 Å². The van der Waals surface area contributed by atoms with Gasteiger partial charge in [-0.15, -0.1) is 0 Å². The number of halogens is 2. The van der Waals surface area contributed by atoms with E-state index in [4.69, 9.17) is 0 Å². The predicted octanol–water partition coefficient (Wildman–Crippen LogP) is 3.37. The van der Waals surface area contributed by atoms with Gasteiger partial charge in [0.15, 0.2) is 5.69 Å². The quantitative estimate of drug-likeness (QED) is 0.810. The summed E-state index contributed by atoms with van der Waals surface area (Å²) in [5.41, 5.74) is 0.638. The molecule has 5 nitrogen and oxygen atoms in total. The van der Waals surface area contributed by atoms with Gasteiger partial charge in [-0.1, -0.05) is 23.9 Å². The van der Waals surface area contributed by atoms with Crippen molar-refractivity contribution in [2.24, 2.45) is 0 Å². The Morgan fingerprint density at radius 1 is 1.38 bits per heavy atom. The standard InChI is InChI=1S/C16H18F2N4OS/c17-16(18)24-14-6-2-1-5-12(14)20-15(23)13-7-9-22(21-13)11-4-3-8-19-10-11/h1-2,5-7,9,11,16,19H,3-4,8,10H2,(H,20,23). The van der Waals surface area contributed by atoms with Gasteiger partial charge in [0.2, 0.25) is 0 Å². The van der Waals surface area contributed by atoms with Crippen LogP contribution in [0.1, 0.15) is 29.4 Å². The lowest BCUT2D eigenvalue weighted by Crippen LogP contribution is -2.32. The Hall–Kier alpha value is -1.93. The van der Waals surface area contributed by atoms with Crippen LogP contribution < -0.4 is 10.6 Å². The average Bonchev–Trinajstić information content (AvgIpc) is 3.07. The van der Waals surface area contributed by atoms with Gasteiger partial charge in [0.25, 0.3) is 11.7 Å². The van der Waals surface area contributed by atoms with Crippen molar-refractivity contribution in [2.75, 3.05) is 18.4 Å². The fourth-order valence-corrected chi connectivity index (χ4v) is 3.27. The fraction of sp³-hybridized carbons (Fsp3) is 0.375. The van der Waals surface area contributed by atoms with E-state index in [1.807, 2.05) is 0 Å². The number of carbonyl (C=O) groups is 1. The third-order valence-corrected chi connectivity index (χ3v) is 4.63. The summed E-state index contributed by atoms with van der Waals surface area (Å²) in [5.74, 6) is -2.94. The number of anilines is 1. The summed E-state index contributed by atoms with van der Waals surface area (Å²) in [6.45, 7) is 1.83. The van der Waals surface area contributed by atoms with Crippen molar-refractivity contribution in [3.8, 4) is 0 Å². The number of carbonyl (C=O) groups excluding carboxylic acids is 1. The molecule has 128 valence electrons. The SMILES string of the molecule is O=C(Nc1ccccc1SC(F)F)c1ccn(C2CCCNC2)n1. The van der Waals surface area contributed by atoms with Crippen molar-refractivity contribution >= 4 is 23.4 Å². The number of piperidine rings is 1. The van der Waals surface area contributed by atoms with E-state index in [1.165, 1.54) is 0 Å². The maximum absolute atomic E-state index is 12.6. The zero-order valence-corrected chi connectivity index (χ0v) is 13.7. The molecule has 1 aliphatic heterocycles. The summed E-state index contributed by atoms with van der Waals surface area (Å²) < 4.78 is 27.0. The van der Waals surface area contributed by atoms with Crippen LogP contribution in [0.2, 0.25) is 0 Å². The molecule has 0 radical (unpaired) electrons. The molecule has 0 bridgehead atoms. The van der Waals surface area contributed by atoms with Crippen molar-refractivity contribution in [1.82, 2.24) is 15.1 Å². The number of alkyl halides is 2. The highest BCUT2D eigenvalue weighted by atomic mass is 32.2. The summed E-state index contributed by atoms with van der Waals surface area (Å²) in [6.07, 6.45) is 3.88. The highest BCUT2D eigenvalue weighted by Gasteiger charge is 2.18. The number of hydrogen-bond acceptors (Lipinski definition) is 4. The molecule has 0 saturated carbocycles. The summed E-state index contributed by atoms with van der Waals surface area (Å²) in [5, 5.41) is 10.3. The van der Waals surface area contributed by atoms with Gasteiger partial charge < -0.3 is 10.6 Å². The molecule has 1 fully saturated rings. The van der Waals surface area contributed by atoms with Crippen LogP contribution in [0.15, 0.2) is 41.4 Å². The van der Waals surface area contributed by atoms with E-state index in [1.54, 1.807) is 41.2 Å². The second-order valence-electron chi connectivity index (χ2n) is 5.51. The van der Waals surface area contributed by atoms with Crippen LogP contribution in [0.5, 0.6) is 0 Å². The summed E-state index contributed by atoms with van der Waals surface area (Å²) in [7, 11) is 0. The van der Waals surface area contributed by atoms with Crippen LogP contribution in [0.3, 0.4) is 0 Å². The maximum Gasteiger partial charge on any atom is 0.288 e. The van der Waals surface area contributed by atoms with Gasteiger partial charge >= 0.3 is 0 Å². The fourth-order valence-electron chi connectivity index (χ4n) is 2.68. The van der Waals surface area contributed by atoms with Crippen LogP contribution in [0.4, 0.5) is 14.5 Å². The first kappa shape index (κ1) is 16.9. The number of nitrogens with one attached hydrogen (secondary N) is 2. The Bertz CT molecular complexity index is 701. The van der Waals surface area contributed by atoms with E-state index < -0.39 is 11.7 Å². The molecule has 1 aromatic heterocycles. The zero-order valence-electron chi connectivity index (χ0n) is 12.9. The highest BCUT2D eigenvalue weighted by Crippen LogP contribution is 2.31. The van der Waals surface area contributed by atoms with Crippen LogP contribution >= 0.6 is 11.8 Å². The molecule has 1 aliphatic rings. The Labute approximate surface area is 142 Å². The minimum Gasteiger partial charge on any atom is -0.320 e. The number of amides is 1. The summed E-state index contributed by atoms with van der Waals surface area (Å²) in [4.78, 5) is 12.7. The number of nitrogens with zero attached hydrogens (tertiary/aromatic N) is 2. The van der Waals surface area contributed by atoms with E-state index >= 15 is 0 Å². The van der Waals surface area contributed by atoms with Crippen molar-refractivity contribution < 1.29 is 13.6 Å². The largest absolute Gasteiger partial charge is 0.320 e. The highest BCUT2D eigenvalue weighted by molar-refractivity contribution is 7.99. The van der Waals surface area contributed by atoms with E-state index in [9.17, 15) is 13.6 Å². The second kappa shape index (κ2) is 7.76. The van der Waals surface area contributed by atoms with E-state index in [0.29, 0.717) is 22.3 Å². The second-order valence-corrected chi connectivity index (χ2v) is 6.54. The first-order valence-electron chi connectivity index (χ1n) is 7.74. The smallest absolute Gasteiger partial charge is 0.288 e. The molecule has 8 heteroatoms. The van der Waals surface area contributed by atoms with Gasteiger partial charge in [-0.2, -0.15) is 13.9 Å². The maximum atomic E-state index is 12.6. The number of rotatable bonds is 5. The van der Waals surface area contributed by atoms with Gasteiger partial charge in [0, 0.05) is 17.6 Å². The van der Waals surface area contributed by atoms with E-state index in [2.05, 4.69) is 15.7 Å². The van der Waals surface area contributed by atoms with Crippen molar-refractivity contribution in [2.45, 2.75) is 29.5 Å².